The second-order valence-corrected chi connectivity index (χ2v) is 4.44. The van der Waals surface area contributed by atoms with Gasteiger partial charge in [-0.3, -0.25) is 4.79 Å². The molecule has 2 heterocycles. The number of hydrogen-bond donors (Lipinski definition) is 0. The third kappa shape index (κ3) is 3.09. The minimum atomic E-state index is -0.0327. The molecule has 1 unspecified atom stereocenters. The second-order valence-electron chi connectivity index (χ2n) is 4.18. The van der Waals surface area contributed by atoms with Gasteiger partial charge in [-0.05, 0) is 12.5 Å². The molecule has 0 bridgehead atoms. The largest absolute Gasteiger partial charge is 0.472 e. The number of likely N-dealkylation sites (tertiary alicyclic amines) is 1. The van der Waals surface area contributed by atoms with E-state index in [4.69, 9.17) is 16.3 Å². The lowest BCUT2D eigenvalue weighted by molar-refractivity contribution is -0.127. The van der Waals surface area contributed by atoms with Gasteiger partial charge in [-0.25, -0.2) is 4.98 Å². The fourth-order valence-electron chi connectivity index (χ4n) is 1.83. The zero-order valence-electron chi connectivity index (χ0n) is 9.73. The van der Waals surface area contributed by atoms with Crippen LogP contribution < -0.4 is 4.74 Å². The van der Waals surface area contributed by atoms with E-state index in [9.17, 15) is 4.79 Å². The molecule has 1 aromatic rings. The SMILES string of the molecule is Cc1ccc(OC2CCN(C(=O)CCl)C2)nc1. The Morgan fingerprint density at radius 1 is 1.65 bits per heavy atom. The van der Waals surface area contributed by atoms with Gasteiger partial charge < -0.3 is 9.64 Å². The highest BCUT2D eigenvalue weighted by molar-refractivity contribution is 6.27. The summed E-state index contributed by atoms with van der Waals surface area (Å²) in [5.41, 5.74) is 1.10. The smallest absolute Gasteiger partial charge is 0.237 e. The summed E-state index contributed by atoms with van der Waals surface area (Å²) in [7, 11) is 0. The zero-order valence-corrected chi connectivity index (χ0v) is 10.5. The van der Waals surface area contributed by atoms with Gasteiger partial charge in [-0.15, -0.1) is 11.6 Å². The molecule has 5 heteroatoms. The molecule has 92 valence electrons. The van der Waals surface area contributed by atoms with Crippen molar-refractivity contribution in [1.29, 1.82) is 0 Å². The Morgan fingerprint density at radius 2 is 2.47 bits per heavy atom. The van der Waals surface area contributed by atoms with Crippen molar-refractivity contribution in [3.05, 3.63) is 23.9 Å². The second kappa shape index (κ2) is 5.36. The molecule has 1 saturated heterocycles. The third-order valence-electron chi connectivity index (χ3n) is 2.78. The normalized spacial score (nSPS) is 19.4. The van der Waals surface area contributed by atoms with E-state index in [-0.39, 0.29) is 17.9 Å². The van der Waals surface area contributed by atoms with Crippen LogP contribution in [0.15, 0.2) is 18.3 Å². The molecule has 17 heavy (non-hydrogen) atoms. The molecule has 0 aliphatic carbocycles. The molecular formula is C12H15ClN2O2. The highest BCUT2D eigenvalue weighted by Gasteiger charge is 2.27. The van der Waals surface area contributed by atoms with Gasteiger partial charge in [-0.2, -0.15) is 0 Å². The Morgan fingerprint density at radius 3 is 3.12 bits per heavy atom. The molecule has 0 N–H and O–H groups in total. The number of aryl methyl sites for hydroxylation is 1. The van der Waals surface area contributed by atoms with Crippen LogP contribution in [0.2, 0.25) is 0 Å². The van der Waals surface area contributed by atoms with Gasteiger partial charge in [0.2, 0.25) is 11.8 Å². The molecule has 0 aromatic carbocycles. The van der Waals surface area contributed by atoms with Crippen molar-refractivity contribution in [2.45, 2.75) is 19.4 Å². The Kier molecular flexibility index (Phi) is 3.84. The number of hydrogen-bond acceptors (Lipinski definition) is 3. The van der Waals surface area contributed by atoms with E-state index in [1.807, 2.05) is 19.1 Å². The Bertz CT molecular complexity index is 394. The highest BCUT2D eigenvalue weighted by atomic mass is 35.5. The van der Waals surface area contributed by atoms with E-state index in [1.165, 1.54) is 0 Å². The summed E-state index contributed by atoms with van der Waals surface area (Å²) >= 11 is 5.51. The number of halogens is 1. The van der Waals surface area contributed by atoms with Crippen LogP contribution in [-0.4, -0.2) is 40.9 Å². The predicted octanol–water partition coefficient (Wildman–Crippen LogP) is 1.61. The molecule has 0 radical (unpaired) electrons. The molecular weight excluding hydrogens is 240 g/mol. The van der Waals surface area contributed by atoms with Gasteiger partial charge in [0.25, 0.3) is 0 Å². The van der Waals surface area contributed by atoms with E-state index >= 15 is 0 Å². The van der Waals surface area contributed by atoms with Crippen molar-refractivity contribution in [2.24, 2.45) is 0 Å². The minimum Gasteiger partial charge on any atom is -0.472 e. The first-order valence-electron chi connectivity index (χ1n) is 5.62. The molecule has 1 aromatic heterocycles. The van der Waals surface area contributed by atoms with Crippen molar-refractivity contribution in [3.63, 3.8) is 0 Å². The first-order chi connectivity index (χ1) is 8.19. The van der Waals surface area contributed by atoms with Crippen LogP contribution in [0.3, 0.4) is 0 Å². The van der Waals surface area contributed by atoms with Crippen LogP contribution in [0, 0.1) is 6.92 Å². The lowest BCUT2D eigenvalue weighted by atomic mass is 10.3. The molecule has 1 fully saturated rings. The van der Waals surface area contributed by atoms with Crippen LogP contribution in [0.1, 0.15) is 12.0 Å². The third-order valence-corrected chi connectivity index (χ3v) is 3.01. The number of carbonyl (C=O) groups excluding carboxylic acids is 1. The summed E-state index contributed by atoms with van der Waals surface area (Å²) < 4.78 is 5.71. The number of rotatable bonds is 3. The molecule has 2 rings (SSSR count). The van der Waals surface area contributed by atoms with E-state index in [0.717, 1.165) is 12.0 Å². The van der Waals surface area contributed by atoms with Crippen molar-refractivity contribution >= 4 is 17.5 Å². The summed E-state index contributed by atoms with van der Waals surface area (Å²) in [5.74, 6) is 0.616. The molecule has 4 nitrogen and oxygen atoms in total. The maximum atomic E-state index is 11.4. The quantitative estimate of drug-likeness (QED) is 0.770. The fourth-order valence-corrected chi connectivity index (χ4v) is 2.00. The van der Waals surface area contributed by atoms with E-state index in [2.05, 4.69) is 4.98 Å². The average molecular weight is 255 g/mol. The lowest BCUT2D eigenvalue weighted by Gasteiger charge is -2.15. The molecule has 1 aliphatic rings. The first-order valence-corrected chi connectivity index (χ1v) is 6.15. The van der Waals surface area contributed by atoms with Crippen LogP contribution in [0.5, 0.6) is 5.88 Å². The van der Waals surface area contributed by atoms with Crippen LogP contribution in [0.25, 0.3) is 0 Å². The average Bonchev–Trinajstić information content (AvgIpc) is 2.80. The number of ether oxygens (including phenoxy) is 1. The maximum absolute atomic E-state index is 11.4. The number of alkyl halides is 1. The van der Waals surface area contributed by atoms with Crippen molar-refractivity contribution in [2.75, 3.05) is 19.0 Å². The number of nitrogens with zero attached hydrogens (tertiary/aromatic N) is 2. The van der Waals surface area contributed by atoms with Crippen LogP contribution in [0.4, 0.5) is 0 Å². The van der Waals surface area contributed by atoms with Gasteiger partial charge in [0.15, 0.2) is 0 Å². The molecule has 1 atom stereocenters. The monoisotopic (exact) mass is 254 g/mol. The molecule has 0 spiro atoms. The number of carbonyl (C=O) groups is 1. The molecule has 1 aliphatic heterocycles. The number of aromatic nitrogens is 1. The molecule has 1 amide bonds. The van der Waals surface area contributed by atoms with Crippen LogP contribution in [-0.2, 0) is 4.79 Å². The number of pyridine rings is 1. The summed E-state index contributed by atoms with van der Waals surface area (Å²) in [6.45, 7) is 3.29. The van der Waals surface area contributed by atoms with Crippen molar-refractivity contribution in [1.82, 2.24) is 9.88 Å². The van der Waals surface area contributed by atoms with E-state index in [0.29, 0.717) is 19.0 Å². The fraction of sp³-hybridized carbons (Fsp3) is 0.500. The topological polar surface area (TPSA) is 42.4 Å². The highest BCUT2D eigenvalue weighted by Crippen LogP contribution is 2.16. The Labute approximate surface area is 106 Å². The zero-order chi connectivity index (χ0) is 12.3. The van der Waals surface area contributed by atoms with Crippen molar-refractivity contribution < 1.29 is 9.53 Å². The summed E-state index contributed by atoms with van der Waals surface area (Å²) in [6.07, 6.45) is 2.63. The Hall–Kier alpha value is -1.29. The van der Waals surface area contributed by atoms with Gasteiger partial charge in [-0.1, -0.05) is 6.07 Å². The predicted molar refractivity (Wildman–Crippen MR) is 65.3 cm³/mol. The molecule has 0 saturated carbocycles. The van der Waals surface area contributed by atoms with Gasteiger partial charge >= 0.3 is 0 Å². The maximum Gasteiger partial charge on any atom is 0.237 e. The summed E-state index contributed by atoms with van der Waals surface area (Å²) in [4.78, 5) is 17.3. The number of amides is 1. The van der Waals surface area contributed by atoms with E-state index in [1.54, 1.807) is 11.1 Å². The minimum absolute atomic E-state index is 0.0253. The van der Waals surface area contributed by atoms with Crippen molar-refractivity contribution in [3.8, 4) is 5.88 Å². The Balaban J connectivity index is 1.89. The first kappa shape index (κ1) is 12.2. The summed E-state index contributed by atoms with van der Waals surface area (Å²) in [6, 6.07) is 3.81. The van der Waals surface area contributed by atoms with Gasteiger partial charge in [0, 0.05) is 25.2 Å². The van der Waals surface area contributed by atoms with E-state index < -0.39 is 0 Å². The van der Waals surface area contributed by atoms with Gasteiger partial charge in [0.1, 0.15) is 12.0 Å². The standard InChI is InChI=1S/C12H15ClN2O2/c1-9-2-3-11(14-7-9)17-10-4-5-15(8-10)12(16)6-13/h2-3,7,10H,4-6,8H2,1H3. The lowest BCUT2D eigenvalue weighted by Crippen LogP contribution is -2.31. The summed E-state index contributed by atoms with van der Waals surface area (Å²) in [5, 5.41) is 0. The van der Waals surface area contributed by atoms with Gasteiger partial charge in [0.05, 0.1) is 6.54 Å². The van der Waals surface area contributed by atoms with Crippen LogP contribution >= 0.6 is 11.6 Å².